The standard InChI is InChI=1S/C13H26O7/c1-13(2,3)20-12(15)4-6-16-8-10-18-19-11-9-17-7-5-14/h14H,4-11H2,1-3H3. The molecular weight excluding hydrogens is 268 g/mol. The third-order valence-electron chi connectivity index (χ3n) is 1.81. The summed E-state index contributed by atoms with van der Waals surface area (Å²) in [5.74, 6) is -0.282. The van der Waals surface area contributed by atoms with E-state index >= 15 is 0 Å². The minimum atomic E-state index is -0.466. The van der Waals surface area contributed by atoms with E-state index in [9.17, 15) is 4.79 Å². The van der Waals surface area contributed by atoms with Gasteiger partial charge in [-0.25, -0.2) is 9.78 Å². The second-order valence-electron chi connectivity index (χ2n) is 4.93. The fourth-order valence-electron chi connectivity index (χ4n) is 1.12. The summed E-state index contributed by atoms with van der Waals surface area (Å²) in [5, 5.41) is 8.44. The quantitative estimate of drug-likeness (QED) is 0.245. The Balaban J connectivity index is 3.19. The molecule has 0 unspecified atom stereocenters. The summed E-state index contributed by atoms with van der Waals surface area (Å²) in [5.41, 5.74) is -0.466. The van der Waals surface area contributed by atoms with Gasteiger partial charge in [0.15, 0.2) is 0 Å². The smallest absolute Gasteiger partial charge is 0.308 e. The largest absolute Gasteiger partial charge is 0.460 e. The van der Waals surface area contributed by atoms with Crippen LogP contribution in [0.4, 0.5) is 0 Å². The molecule has 0 bridgehead atoms. The molecule has 0 saturated heterocycles. The average Bonchev–Trinajstić information content (AvgIpc) is 2.34. The normalized spacial score (nSPS) is 11.6. The van der Waals surface area contributed by atoms with E-state index < -0.39 is 5.60 Å². The van der Waals surface area contributed by atoms with Crippen molar-refractivity contribution < 1.29 is 33.9 Å². The van der Waals surface area contributed by atoms with E-state index in [1.54, 1.807) is 0 Å². The summed E-state index contributed by atoms with van der Waals surface area (Å²) in [6.45, 7) is 7.29. The van der Waals surface area contributed by atoms with Gasteiger partial charge in [-0.05, 0) is 20.8 Å². The SMILES string of the molecule is CC(C)(C)OC(=O)CCOCCOOCCOCCO. The number of hydrogen-bond acceptors (Lipinski definition) is 7. The number of aliphatic hydroxyl groups is 1. The second kappa shape index (κ2) is 12.0. The van der Waals surface area contributed by atoms with Crippen molar-refractivity contribution in [3.05, 3.63) is 0 Å². The van der Waals surface area contributed by atoms with Gasteiger partial charge in [0.05, 0.1) is 39.5 Å². The zero-order valence-electron chi connectivity index (χ0n) is 12.6. The van der Waals surface area contributed by atoms with E-state index in [0.29, 0.717) is 13.2 Å². The minimum Gasteiger partial charge on any atom is -0.460 e. The molecule has 0 aliphatic heterocycles. The zero-order valence-corrected chi connectivity index (χ0v) is 12.6. The molecule has 0 radical (unpaired) electrons. The fourth-order valence-corrected chi connectivity index (χ4v) is 1.12. The van der Waals surface area contributed by atoms with Gasteiger partial charge in [0.2, 0.25) is 0 Å². The Morgan fingerprint density at radius 3 is 1.95 bits per heavy atom. The third-order valence-corrected chi connectivity index (χ3v) is 1.81. The van der Waals surface area contributed by atoms with Gasteiger partial charge in [0.1, 0.15) is 18.8 Å². The number of esters is 1. The molecule has 0 saturated carbocycles. The average molecular weight is 294 g/mol. The highest BCUT2D eigenvalue weighted by atomic mass is 17.2. The first-order valence-corrected chi connectivity index (χ1v) is 6.68. The molecule has 20 heavy (non-hydrogen) atoms. The van der Waals surface area contributed by atoms with E-state index in [4.69, 9.17) is 29.1 Å². The summed E-state index contributed by atoms with van der Waals surface area (Å²) in [6, 6.07) is 0. The molecule has 7 heteroatoms. The number of rotatable bonds is 12. The van der Waals surface area contributed by atoms with Gasteiger partial charge < -0.3 is 19.3 Å². The maximum atomic E-state index is 11.3. The Kier molecular flexibility index (Phi) is 11.6. The summed E-state index contributed by atoms with van der Waals surface area (Å²) in [6.07, 6.45) is 0.215. The van der Waals surface area contributed by atoms with Crippen molar-refractivity contribution in [3.8, 4) is 0 Å². The van der Waals surface area contributed by atoms with Gasteiger partial charge in [-0.3, -0.25) is 4.79 Å². The zero-order chi connectivity index (χ0) is 15.3. The van der Waals surface area contributed by atoms with Crippen LogP contribution in [0.15, 0.2) is 0 Å². The molecule has 7 nitrogen and oxygen atoms in total. The Hall–Kier alpha value is -0.730. The van der Waals surface area contributed by atoms with Crippen LogP contribution in [-0.2, 0) is 28.8 Å². The van der Waals surface area contributed by atoms with Crippen LogP contribution in [0.3, 0.4) is 0 Å². The van der Waals surface area contributed by atoms with Gasteiger partial charge in [-0.1, -0.05) is 0 Å². The molecule has 0 aromatic rings. The minimum absolute atomic E-state index is 0.00759. The first kappa shape index (κ1) is 19.3. The predicted molar refractivity (Wildman–Crippen MR) is 71.1 cm³/mol. The highest BCUT2D eigenvalue weighted by Gasteiger charge is 2.15. The molecule has 0 aromatic heterocycles. The fraction of sp³-hybridized carbons (Fsp3) is 0.923. The lowest BCUT2D eigenvalue weighted by Gasteiger charge is -2.19. The third kappa shape index (κ3) is 15.3. The van der Waals surface area contributed by atoms with Crippen molar-refractivity contribution in [2.45, 2.75) is 32.8 Å². The number of hydrogen-bond donors (Lipinski definition) is 1. The Labute approximate surface area is 120 Å². The lowest BCUT2D eigenvalue weighted by molar-refractivity contribution is -0.303. The summed E-state index contributed by atoms with van der Waals surface area (Å²) in [4.78, 5) is 20.9. The van der Waals surface area contributed by atoms with Gasteiger partial charge in [-0.15, -0.1) is 0 Å². The summed E-state index contributed by atoms with van der Waals surface area (Å²) < 4.78 is 15.3. The highest BCUT2D eigenvalue weighted by molar-refractivity contribution is 5.69. The molecule has 0 atom stereocenters. The van der Waals surface area contributed by atoms with Crippen molar-refractivity contribution >= 4 is 5.97 Å². The van der Waals surface area contributed by atoms with Crippen molar-refractivity contribution in [2.24, 2.45) is 0 Å². The number of carbonyl (C=O) groups excluding carboxylic acids is 1. The van der Waals surface area contributed by atoms with Gasteiger partial charge in [0, 0.05) is 0 Å². The molecule has 0 amide bonds. The number of ether oxygens (including phenoxy) is 3. The van der Waals surface area contributed by atoms with E-state index in [1.807, 2.05) is 20.8 Å². The molecule has 120 valence electrons. The Morgan fingerprint density at radius 2 is 1.45 bits per heavy atom. The molecule has 0 heterocycles. The second-order valence-corrected chi connectivity index (χ2v) is 4.93. The Morgan fingerprint density at radius 1 is 0.900 bits per heavy atom. The van der Waals surface area contributed by atoms with Gasteiger partial charge in [-0.2, -0.15) is 0 Å². The molecule has 1 N–H and O–H groups in total. The van der Waals surface area contributed by atoms with E-state index in [2.05, 4.69) is 0 Å². The summed E-state index contributed by atoms with van der Waals surface area (Å²) in [7, 11) is 0. The lowest BCUT2D eigenvalue weighted by Crippen LogP contribution is -2.24. The molecule has 0 aliphatic carbocycles. The van der Waals surface area contributed by atoms with E-state index in [1.165, 1.54) is 0 Å². The van der Waals surface area contributed by atoms with Gasteiger partial charge in [0.25, 0.3) is 0 Å². The first-order valence-electron chi connectivity index (χ1n) is 6.68. The van der Waals surface area contributed by atoms with Crippen molar-refractivity contribution in [1.29, 1.82) is 0 Å². The van der Waals surface area contributed by atoms with E-state index in [0.717, 1.165) is 0 Å². The van der Waals surface area contributed by atoms with Crippen molar-refractivity contribution in [2.75, 3.05) is 46.2 Å². The van der Waals surface area contributed by atoms with Crippen LogP contribution in [0.1, 0.15) is 27.2 Å². The van der Waals surface area contributed by atoms with Crippen LogP contribution in [0, 0.1) is 0 Å². The molecule has 0 aromatic carbocycles. The number of carbonyl (C=O) groups is 1. The van der Waals surface area contributed by atoms with Crippen molar-refractivity contribution in [3.63, 3.8) is 0 Å². The topological polar surface area (TPSA) is 83.5 Å². The Bertz CT molecular complexity index is 237. The maximum Gasteiger partial charge on any atom is 0.308 e. The van der Waals surface area contributed by atoms with Crippen LogP contribution in [0.5, 0.6) is 0 Å². The monoisotopic (exact) mass is 294 g/mol. The first-order chi connectivity index (χ1) is 9.45. The van der Waals surface area contributed by atoms with Crippen molar-refractivity contribution in [1.82, 2.24) is 0 Å². The van der Waals surface area contributed by atoms with Crippen LogP contribution >= 0.6 is 0 Å². The summed E-state index contributed by atoms with van der Waals surface area (Å²) >= 11 is 0. The highest BCUT2D eigenvalue weighted by Crippen LogP contribution is 2.07. The van der Waals surface area contributed by atoms with Crippen LogP contribution < -0.4 is 0 Å². The lowest BCUT2D eigenvalue weighted by atomic mass is 10.2. The number of aliphatic hydroxyl groups excluding tert-OH is 1. The van der Waals surface area contributed by atoms with Crippen LogP contribution in [0.2, 0.25) is 0 Å². The van der Waals surface area contributed by atoms with Crippen LogP contribution in [-0.4, -0.2) is 62.9 Å². The predicted octanol–water partition coefficient (Wildman–Crippen LogP) is 0.692. The molecule has 0 rings (SSSR count). The molecular formula is C13H26O7. The van der Waals surface area contributed by atoms with Crippen LogP contribution in [0.25, 0.3) is 0 Å². The maximum absolute atomic E-state index is 11.3. The molecule has 0 fully saturated rings. The molecule has 0 spiro atoms. The molecule has 0 aliphatic rings. The van der Waals surface area contributed by atoms with E-state index in [-0.39, 0.29) is 45.4 Å². The van der Waals surface area contributed by atoms with Gasteiger partial charge >= 0.3 is 5.97 Å².